The maximum Gasteiger partial charge on any atom is 4.00 e. The molecule has 0 saturated carbocycles. The van der Waals surface area contributed by atoms with Crippen molar-refractivity contribution in [2.45, 2.75) is 0 Å². The van der Waals surface area contributed by atoms with Crippen LogP contribution in [-0.2, 0) is 52.4 Å². The van der Waals surface area contributed by atoms with Crippen molar-refractivity contribution in [1.82, 2.24) is 0 Å². The van der Waals surface area contributed by atoms with Crippen molar-refractivity contribution in [1.29, 1.82) is 0 Å². The second-order valence-electron chi connectivity index (χ2n) is 0.500. The summed E-state index contributed by atoms with van der Waals surface area (Å²) in [6.45, 7) is 0. The molecule has 0 rings (SSSR count). The average molecular weight is 275 g/mol. The van der Waals surface area contributed by atoms with Crippen LogP contribution in [0.15, 0.2) is 0 Å². The molecule has 0 unspecified atom stereocenters. The Bertz CT molecular complexity index is 76.6. The molecule has 0 bridgehead atoms. The van der Waals surface area contributed by atoms with E-state index in [-0.39, 0.29) is 60.8 Å². The topological polar surface area (TPSA) is 126 Å². The third-order valence-corrected chi connectivity index (χ3v) is 0. The molecule has 11 heteroatoms. The Morgan fingerprint density at radius 3 is 0.818 bits per heavy atom. The second-order valence-corrected chi connectivity index (χ2v) is 1.50. The van der Waals surface area contributed by atoms with Crippen LogP contribution < -0.4 is 19.2 Å². The molecule has 0 N–H and O–H groups in total. The molecule has 11 heavy (non-hydrogen) atoms. The Morgan fingerprint density at radius 2 is 0.818 bits per heavy atom. The summed E-state index contributed by atoms with van der Waals surface area (Å²) in [7, 11) is -7.26. The first kappa shape index (κ1) is 29.5. The summed E-state index contributed by atoms with van der Waals surface area (Å²) in [5, 5.41) is 0. The minimum Gasteiger partial charge on any atom is -0.672 e. The maximum atomic E-state index is 8.52. The standard InChI is InChI=1S/Al.2O3Si.2Ti/c;2*1-4(2)3;;/q;2*-2;;+4. The van der Waals surface area contributed by atoms with E-state index in [1.54, 1.807) is 0 Å². The van der Waals surface area contributed by atoms with Gasteiger partial charge in [-0.25, -0.2) is 0 Å². The van der Waals surface area contributed by atoms with Gasteiger partial charge in [0.15, 0.2) is 0 Å². The van der Waals surface area contributed by atoms with Crippen LogP contribution in [0.4, 0.5) is 0 Å². The molecule has 0 fully saturated rings. The molecule has 6 nitrogen and oxygen atoms in total. The van der Waals surface area contributed by atoms with Gasteiger partial charge in [0.05, 0.1) is 0 Å². The van der Waals surface area contributed by atoms with Gasteiger partial charge in [-0.15, -0.1) is 0 Å². The van der Waals surface area contributed by atoms with Gasteiger partial charge < -0.3 is 28.1 Å². The molecule has 0 aliphatic heterocycles. The van der Waals surface area contributed by atoms with Gasteiger partial charge in [-0.1, -0.05) is 0 Å². The number of hydrogen-bond donors (Lipinski definition) is 0. The van der Waals surface area contributed by atoms with E-state index in [9.17, 15) is 0 Å². The summed E-state index contributed by atoms with van der Waals surface area (Å²) < 4.78 is 17.0. The maximum absolute atomic E-state index is 8.52. The Labute approximate surface area is 106 Å². The molecular formula is AlO6Si2Ti2. The van der Waals surface area contributed by atoms with Gasteiger partial charge in [0.2, 0.25) is 0 Å². The smallest absolute Gasteiger partial charge is 0.672 e. The van der Waals surface area contributed by atoms with E-state index < -0.39 is 18.3 Å². The van der Waals surface area contributed by atoms with Gasteiger partial charge in [-0.3, -0.25) is 0 Å². The molecule has 0 aromatic carbocycles. The molecule has 0 aromatic rings. The minimum absolute atomic E-state index is 0. The van der Waals surface area contributed by atoms with Crippen molar-refractivity contribution in [2.75, 3.05) is 0 Å². The Kier molecular flexibility index (Phi) is 60.3. The third-order valence-electron chi connectivity index (χ3n) is 0. The molecule has 0 heterocycles. The van der Waals surface area contributed by atoms with Gasteiger partial charge in [0, 0.05) is 57.4 Å². The Hall–Kier alpha value is 1.19. The zero-order valence-electron chi connectivity index (χ0n) is 5.03. The van der Waals surface area contributed by atoms with Crippen LogP contribution in [0.1, 0.15) is 0 Å². The van der Waals surface area contributed by atoms with Gasteiger partial charge >= 0.3 is 21.7 Å². The first-order chi connectivity index (χ1) is 3.46. The fourth-order valence-electron chi connectivity index (χ4n) is 0. The largest absolute Gasteiger partial charge is 4.00 e. The summed E-state index contributed by atoms with van der Waals surface area (Å²) in [5.74, 6) is 0. The molecule has 0 atom stereocenters. The normalized spacial score (nSPS) is 4.36. The summed E-state index contributed by atoms with van der Waals surface area (Å²) in [6, 6.07) is 0. The van der Waals surface area contributed by atoms with Crippen LogP contribution in [0.2, 0.25) is 0 Å². The first-order valence-electron chi connectivity index (χ1n) is 1.22. The van der Waals surface area contributed by atoms with E-state index in [0.29, 0.717) is 0 Å². The second kappa shape index (κ2) is 22.5. The number of rotatable bonds is 0. The van der Waals surface area contributed by atoms with Crippen molar-refractivity contribution < 1.29 is 71.5 Å². The van der Waals surface area contributed by atoms with Crippen LogP contribution in [0, 0.1) is 0 Å². The van der Waals surface area contributed by atoms with Crippen molar-refractivity contribution in [3.05, 3.63) is 0 Å². The predicted molar refractivity (Wildman–Crippen MR) is 18.6 cm³/mol. The number of hydrogen-bond acceptors (Lipinski definition) is 6. The third kappa shape index (κ3) is 663. The molecule has 3 radical (unpaired) electrons. The Balaban J connectivity index is -0.0000000171. The van der Waals surface area contributed by atoms with Crippen LogP contribution >= 0.6 is 0 Å². The SMILES string of the molecule is O=[Si]([O-])[O-].O=[Si]([O-])[O-].[Al].[Ti+4].[Ti]. The van der Waals surface area contributed by atoms with E-state index in [2.05, 4.69) is 0 Å². The zero-order valence-corrected chi connectivity index (χ0v) is 11.3. The molecule has 0 saturated heterocycles. The Morgan fingerprint density at radius 1 is 0.818 bits per heavy atom. The van der Waals surface area contributed by atoms with E-state index in [4.69, 9.17) is 28.1 Å². The van der Waals surface area contributed by atoms with Crippen LogP contribution in [-0.4, -0.2) is 35.7 Å². The summed E-state index contributed by atoms with van der Waals surface area (Å²) in [5.41, 5.74) is 0. The quantitative estimate of drug-likeness (QED) is 0.405. The fourth-order valence-corrected chi connectivity index (χ4v) is 0. The van der Waals surface area contributed by atoms with Gasteiger partial charge in [-0.2, -0.15) is 0 Å². The summed E-state index contributed by atoms with van der Waals surface area (Å²) in [4.78, 5) is 34.1. The molecular weight excluding hydrogens is 275 g/mol. The van der Waals surface area contributed by atoms with Gasteiger partial charge in [0.25, 0.3) is 0 Å². The molecule has 0 aromatic heterocycles. The van der Waals surface area contributed by atoms with Crippen LogP contribution in [0.3, 0.4) is 0 Å². The van der Waals surface area contributed by atoms with Crippen molar-refractivity contribution >= 4 is 35.7 Å². The van der Waals surface area contributed by atoms with Gasteiger partial charge in [-0.05, 0) is 0 Å². The van der Waals surface area contributed by atoms with E-state index in [1.807, 2.05) is 0 Å². The monoisotopic (exact) mass is 275 g/mol. The van der Waals surface area contributed by atoms with Crippen LogP contribution in [0.25, 0.3) is 0 Å². The molecule has 0 aliphatic carbocycles. The molecule has 0 aliphatic rings. The average Bonchev–Trinajstić information content (AvgIpc) is 1.25. The van der Waals surface area contributed by atoms with E-state index >= 15 is 0 Å². The fraction of sp³-hybridized carbons (Fsp3) is 0. The molecule has 0 amide bonds. The van der Waals surface area contributed by atoms with Crippen molar-refractivity contribution in [2.24, 2.45) is 0 Å². The van der Waals surface area contributed by atoms with Crippen molar-refractivity contribution in [3.63, 3.8) is 0 Å². The summed E-state index contributed by atoms with van der Waals surface area (Å²) >= 11 is 0. The predicted octanol–water partition coefficient (Wildman–Crippen LogP) is -6.14. The minimum atomic E-state index is -3.63. The van der Waals surface area contributed by atoms with E-state index in [1.165, 1.54) is 0 Å². The zero-order chi connectivity index (χ0) is 7.15. The van der Waals surface area contributed by atoms with Crippen LogP contribution in [0.5, 0.6) is 0 Å². The summed E-state index contributed by atoms with van der Waals surface area (Å²) in [6.07, 6.45) is 0. The first-order valence-corrected chi connectivity index (χ1v) is 3.67. The van der Waals surface area contributed by atoms with Gasteiger partial charge in [0.1, 0.15) is 0 Å². The molecule has 0 spiro atoms. The van der Waals surface area contributed by atoms with Crippen molar-refractivity contribution in [3.8, 4) is 0 Å². The van der Waals surface area contributed by atoms with E-state index in [0.717, 1.165) is 0 Å². The molecule has 55 valence electrons.